The number of fused-ring (bicyclic) bond motifs is 2. The zero-order valence-electron chi connectivity index (χ0n) is 27.7. The van der Waals surface area contributed by atoms with Gasteiger partial charge in [0.25, 0.3) is 5.52 Å². The first-order valence-electron chi connectivity index (χ1n) is 16.3. The van der Waals surface area contributed by atoms with Gasteiger partial charge in [-0.25, -0.2) is 12.6 Å². The lowest BCUT2D eigenvalue weighted by Gasteiger charge is -2.19. The zero-order chi connectivity index (χ0) is 36.0. The van der Waals surface area contributed by atoms with E-state index in [-0.39, 0.29) is 26.1 Å². The number of rotatable bonds is 15. The number of ether oxygens (including phenoxy) is 1. The highest BCUT2D eigenvalue weighted by molar-refractivity contribution is 7.81. The Balaban J connectivity index is 1.36. The summed E-state index contributed by atoms with van der Waals surface area (Å²) in [4.78, 5) is 1.91. The van der Waals surface area contributed by atoms with E-state index in [0.717, 1.165) is 39.0 Å². The minimum Gasteiger partial charge on any atom is -0.726 e. The number of nitrogens with zero attached hydrogens (tertiary/aromatic N) is 2. The van der Waals surface area contributed by atoms with Crippen molar-refractivity contribution in [2.75, 3.05) is 24.7 Å². The zero-order valence-corrected chi connectivity index (χ0v) is 29.3. The highest BCUT2D eigenvalue weighted by Gasteiger charge is 2.28. The second-order valence-corrected chi connectivity index (χ2v) is 13.8. The number of aryl methyl sites for hydroxylation is 1. The van der Waals surface area contributed by atoms with E-state index in [1.807, 2.05) is 126 Å². The van der Waals surface area contributed by atoms with Crippen molar-refractivity contribution in [1.29, 1.82) is 0 Å². The number of benzene rings is 4. The van der Waals surface area contributed by atoms with Crippen molar-refractivity contribution in [2.45, 2.75) is 32.7 Å². The summed E-state index contributed by atoms with van der Waals surface area (Å²) >= 11 is 0. The van der Waals surface area contributed by atoms with Crippen LogP contribution in [0.5, 0.6) is 5.75 Å². The fraction of sp³-hybridized carbons (Fsp3) is 0.216. The molecule has 0 amide bonds. The number of hydrogen-bond acceptors (Lipinski definition) is 10. The Morgan fingerprint density at radius 3 is 2.14 bits per heavy atom. The number of anilines is 1. The average Bonchev–Trinajstić information content (AvgIpc) is 3.63. The SMILES string of the molecule is CCC(=C/c1oc2ccc(-c3ccccc3)cc2[n+]1CCCOS(=O)(=O)O)/C=C1\Oc2ccc(-c3ccccc3)cc2N1CCCOS(=O)(=O)[O-]. The monoisotopic (exact) mass is 732 g/mol. The molecule has 0 aliphatic carbocycles. The van der Waals surface area contributed by atoms with Crippen LogP contribution >= 0.6 is 0 Å². The molecule has 1 aliphatic heterocycles. The van der Waals surface area contributed by atoms with E-state index < -0.39 is 20.8 Å². The number of allylic oxidation sites excluding steroid dienone is 2. The first-order valence-corrected chi connectivity index (χ1v) is 19.0. The molecule has 266 valence electrons. The molecule has 0 saturated heterocycles. The topological polar surface area (TPSA) is 160 Å². The first kappa shape index (κ1) is 36.0. The normalized spacial score (nSPS) is 14.3. The van der Waals surface area contributed by atoms with E-state index in [4.69, 9.17) is 13.7 Å². The van der Waals surface area contributed by atoms with Crippen LogP contribution in [0.25, 0.3) is 39.4 Å². The molecule has 2 heterocycles. The Morgan fingerprint density at radius 2 is 1.49 bits per heavy atom. The van der Waals surface area contributed by atoms with E-state index >= 15 is 0 Å². The molecule has 0 radical (unpaired) electrons. The fourth-order valence-electron chi connectivity index (χ4n) is 5.83. The summed E-state index contributed by atoms with van der Waals surface area (Å²) in [5, 5.41) is 0. The molecule has 1 aromatic heterocycles. The molecule has 6 rings (SSSR count). The lowest BCUT2D eigenvalue weighted by molar-refractivity contribution is -0.678. The summed E-state index contributed by atoms with van der Waals surface area (Å²) in [6.45, 7) is 2.08. The summed E-state index contributed by atoms with van der Waals surface area (Å²) in [6, 6.07) is 31.4. The van der Waals surface area contributed by atoms with Crippen LogP contribution in [0.3, 0.4) is 0 Å². The standard InChI is InChI=1S/C37H36N2O10S2/c1-2-27(23-36-38(19-9-21-46-50(40,41)42)32-25-30(15-17-34(32)48-36)28-11-5-3-6-12-28)24-37-39(20-10-22-47-51(43,44)45)33-26-31(16-18-35(33)49-37)29-13-7-4-8-14-29/h3-8,11-18,23-26H,2,9-10,19-22H2,1H3,(H-,40,41,42,43,44,45). The third-order valence-electron chi connectivity index (χ3n) is 8.21. The number of hydrogen-bond donors (Lipinski definition) is 1. The van der Waals surface area contributed by atoms with Crippen molar-refractivity contribution in [3.8, 4) is 28.0 Å². The minimum atomic E-state index is -4.83. The maximum Gasteiger partial charge on any atom is 0.397 e. The molecule has 0 saturated carbocycles. The molecule has 0 unspecified atom stereocenters. The molecular weight excluding hydrogens is 697 g/mol. The van der Waals surface area contributed by atoms with Crippen LogP contribution in [0.1, 0.15) is 32.1 Å². The number of aromatic nitrogens is 1. The minimum absolute atomic E-state index is 0.224. The lowest BCUT2D eigenvalue weighted by Crippen LogP contribution is -2.36. The maximum absolute atomic E-state index is 11.2. The summed E-state index contributed by atoms with van der Waals surface area (Å²) in [7, 11) is -9.41. The van der Waals surface area contributed by atoms with Gasteiger partial charge in [-0.2, -0.15) is 13.0 Å². The van der Waals surface area contributed by atoms with Gasteiger partial charge in [0, 0.05) is 25.1 Å². The predicted octanol–water partition coefficient (Wildman–Crippen LogP) is 6.66. The molecule has 0 fully saturated rings. The van der Waals surface area contributed by atoms with Crippen LogP contribution in [0, 0.1) is 0 Å². The maximum atomic E-state index is 11.2. The Hall–Kier alpha value is -4.83. The summed E-state index contributed by atoms with van der Waals surface area (Å²) in [5.41, 5.74) is 6.97. The summed E-state index contributed by atoms with van der Waals surface area (Å²) in [5.74, 6) is 1.60. The molecule has 12 nitrogen and oxygen atoms in total. The van der Waals surface area contributed by atoms with Gasteiger partial charge in [-0.3, -0.25) is 8.74 Å². The third kappa shape index (κ3) is 9.29. The van der Waals surface area contributed by atoms with Crippen molar-refractivity contribution in [3.05, 3.63) is 120 Å². The van der Waals surface area contributed by atoms with E-state index in [2.05, 4.69) is 8.37 Å². The highest BCUT2D eigenvalue weighted by atomic mass is 32.3. The highest BCUT2D eigenvalue weighted by Crippen LogP contribution is 2.42. The second kappa shape index (κ2) is 15.6. The van der Waals surface area contributed by atoms with Gasteiger partial charge in [-0.1, -0.05) is 79.7 Å². The third-order valence-corrected chi connectivity index (χ3v) is 9.13. The Kier molecular flexibility index (Phi) is 11.0. The van der Waals surface area contributed by atoms with E-state index in [0.29, 0.717) is 42.6 Å². The van der Waals surface area contributed by atoms with Crippen LogP contribution in [0.4, 0.5) is 5.69 Å². The Morgan fingerprint density at radius 1 is 0.843 bits per heavy atom. The molecule has 0 spiro atoms. The second-order valence-electron chi connectivity index (χ2n) is 11.7. The molecule has 1 aliphatic rings. The van der Waals surface area contributed by atoms with Gasteiger partial charge in [0.05, 0.1) is 25.0 Å². The van der Waals surface area contributed by atoms with Gasteiger partial charge in [-0.05, 0) is 58.9 Å². The van der Waals surface area contributed by atoms with Crippen molar-refractivity contribution in [3.63, 3.8) is 0 Å². The van der Waals surface area contributed by atoms with Gasteiger partial charge in [0.1, 0.15) is 0 Å². The average molecular weight is 733 g/mol. The van der Waals surface area contributed by atoms with Crippen LogP contribution in [0.2, 0.25) is 0 Å². The van der Waals surface area contributed by atoms with Gasteiger partial charge < -0.3 is 18.6 Å². The van der Waals surface area contributed by atoms with Gasteiger partial charge in [0.15, 0.2) is 12.3 Å². The molecule has 0 atom stereocenters. The van der Waals surface area contributed by atoms with Gasteiger partial charge in [-0.15, -0.1) is 0 Å². The fourth-order valence-corrected chi connectivity index (χ4v) is 6.48. The molecular formula is C37H36N2O10S2. The first-order chi connectivity index (χ1) is 24.5. The van der Waals surface area contributed by atoms with Crippen molar-refractivity contribution in [2.24, 2.45) is 0 Å². The summed E-state index contributed by atoms with van der Waals surface area (Å²) in [6.07, 6.45) is 4.81. The van der Waals surface area contributed by atoms with Crippen molar-refractivity contribution >= 4 is 43.7 Å². The predicted molar refractivity (Wildman–Crippen MR) is 190 cm³/mol. The number of oxazole rings is 1. The van der Waals surface area contributed by atoms with Crippen LogP contribution in [-0.2, 0) is 35.7 Å². The Labute approximate surface area is 296 Å². The largest absolute Gasteiger partial charge is 0.726 e. The smallest absolute Gasteiger partial charge is 0.397 e. The quantitative estimate of drug-likeness (QED) is 0.0531. The molecule has 1 N–H and O–H groups in total. The van der Waals surface area contributed by atoms with E-state index in [1.165, 1.54) is 0 Å². The van der Waals surface area contributed by atoms with Gasteiger partial charge in [0.2, 0.25) is 21.9 Å². The van der Waals surface area contributed by atoms with Crippen LogP contribution < -0.4 is 14.2 Å². The lowest BCUT2D eigenvalue weighted by atomic mass is 10.0. The van der Waals surface area contributed by atoms with Crippen molar-refractivity contribution < 1.29 is 48.0 Å². The van der Waals surface area contributed by atoms with Gasteiger partial charge >= 0.3 is 16.3 Å². The van der Waals surface area contributed by atoms with E-state index in [1.54, 1.807) is 0 Å². The summed E-state index contributed by atoms with van der Waals surface area (Å²) < 4.78 is 88.3. The Bertz CT molecular complexity index is 2290. The van der Waals surface area contributed by atoms with Crippen LogP contribution in [-0.4, -0.2) is 45.7 Å². The van der Waals surface area contributed by atoms with E-state index in [9.17, 15) is 21.4 Å². The molecule has 4 aromatic carbocycles. The molecule has 14 heteroatoms. The molecule has 51 heavy (non-hydrogen) atoms. The molecule has 0 bridgehead atoms. The van der Waals surface area contributed by atoms with Crippen LogP contribution in [0.15, 0.2) is 119 Å². The molecule has 5 aromatic rings. The van der Waals surface area contributed by atoms with Crippen molar-refractivity contribution in [1.82, 2.24) is 0 Å².